The van der Waals surface area contributed by atoms with Gasteiger partial charge in [-0.05, 0) is 63.8 Å². The Morgan fingerprint density at radius 3 is 2.58 bits per heavy atom. The van der Waals surface area contributed by atoms with Gasteiger partial charge in [0.2, 0.25) is 15.9 Å². The average molecular weight is 377 g/mol. The van der Waals surface area contributed by atoms with Crippen LogP contribution in [0.4, 0.5) is 5.69 Å². The second-order valence-corrected chi connectivity index (χ2v) is 8.54. The third kappa shape index (κ3) is 3.26. The molecule has 0 radical (unpaired) electrons. The van der Waals surface area contributed by atoms with Gasteiger partial charge in [0.15, 0.2) is 5.76 Å². The number of benzene rings is 1. The lowest BCUT2D eigenvalue weighted by atomic mass is 10.1. The molecular formula is C18H23N3O4S. The van der Waals surface area contributed by atoms with Crippen molar-refractivity contribution in [2.24, 2.45) is 0 Å². The van der Waals surface area contributed by atoms with Crippen LogP contribution in [0.1, 0.15) is 35.4 Å². The summed E-state index contributed by atoms with van der Waals surface area (Å²) in [6.07, 6.45) is 1.12. The van der Waals surface area contributed by atoms with Crippen molar-refractivity contribution in [3.63, 3.8) is 0 Å². The Hall–Kier alpha value is -2.19. The molecule has 3 rings (SSSR count). The van der Waals surface area contributed by atoms with Gasteiger partial charge in [-0.1, -0.05) is 11.2 Å². The third-order valence-corrected chi connectivity index (χ3v) is 6.97. The molecule has 2 heterocycles. The number of rotatable bonds is 4. The fourth-order valence-corrected chi connectivity index (χ4v) is 5.25. The minimum Gasteiger partial charge on any atom is -0.360 e. The summed E-state index contributed by atoms with van der Waals surface area (Å²) in [5, 5.41) is 6.57. The van der Waals surface area contributed by atoms with E-state index in [9.17, 15) is 13.2 Å². The molecule has 1 saturated heterocycles. The van der Waals surface area contributed by atoms with E-state index in [0.717, 1.165) is 11.1 Å². The van der Waals surface area contributed by atoms with Crippen LogP contribution in [-0.4, -0.2) is 36.4 Å². The monoisotopic (exact) mass is 377 g/mol. The number of aromatic nitrogens is 1. The first-order chi connectivity index (χ1) is 12.2. The van der Waals surface area contributed by atoms with Crippen LogP contribution in [0.3, 0.4) is 0 Å². The number of hydrogen-bond donors (Lipinski definition) is 1. The van der Waals surface area contributed by atoms with E-state index in [-0.39, 0.29) is 16.6 Å². The minimum atomic E-state index is -3.84. The van der Waals surface area contributed by atoms with Crippen LogP contribution in [0.5, 0.6) is 0 Å². The molecule has 2 aromatic rings. The van der Waals surface area contributed by atoms with Gasteiger partial charge in [-0.2, -0.15) is 4.31 Å². The van der Waals surface area contributed by atoms with Crippen LogP contribution < -0.4 is 5.32 Å². The van der Waals surface area contributed by atoms with Crippen LogP contribution in [-0.2, 0) is 14.8 Å². The summed E-state index contributed by atoms with van der Waals surface area (Å²) in [7, 11) is -3.84. The quantitative estimate of drug-likeness (QED) is 0.884. The minimum absolute atomic E-state index is 0.0587. The maximum Gasteiger partial charge on any atom is 0.249 e. The molecule has 8 heteroatoms. The number of nitrogens with one attached hydrogen (secondary N) is 1. The zero-order chi connectivity index (χ0) is 19.1. The summed E-state index contributed by atoms with van der Waals surface area (Å²) in [5.74, 6) is -0.0798. The highest BCUT2D eigenvalue weighted by Crippen LogP contribution is 2.30. The van der Waals surface area contributed by atoms with Crippen LogP contribution in [0, 0.1) is 27.7 Å². The normalized spacial score (nSPS) is 18.2. The molecule has 1 atom stereocenters. The van der Waals surface area contributed by atoms with Crippen molar-refractivity contribution in [1.82, 2.24) is 9.46 Å². The first-order valence-corrected chi connectivity index (χ1v) is 9.98. The lowest BCUT2D eigenvalue weighted by Crippen LogP contribution is -2.43. The van der Waals surface area contributed by atoms with Gasteiger partial charge >= 0.3 is 0 Å². The molecular weight excluding hydrogens is 354 g/mol. The molecule has 1 fully saturated rings. The van der Waals surface area contributed by atoms with Crippen molar-refractivity contribution in [2.45, 2.75) is 51.5 Å². The summed E-state index contributed by atoms with van der Waals surface area (Å²) in [5.41, 5.74) is 3.17. The third-order valence-electron chi connectivity index (χ3n) is 4.82. The van der Waals surface area contributed by atoms with E-state index in [1.54, 1.807) is 13.8 Å². The molecule has 1 amide bonds. The Kier molecular flexibility index (Phi) is 4.90. The molecule has 0 unspecified atom stereocenters. The number of carbonyl (C=O) groups excluding carboxylic acids is 1. The van der Waals surface area contributed by atoms with Crippen LogP contribution in [0.2, 0.25) is 0 Å². The van der Waals surface area contributed by atoms with E-state index in [1.807, 2.05) is 32.0 Å². The van der Waals surface area contributed by atoms with E-state index in [1.165, 1.54) is 4.31 Å². The van der Waals surface area contributed by atoms with E-state index in [0.29, 0.717) is 30.8 Å². The van der Waals surface area contributed by atoms with E-state index in [4.69, 9.17) is 4.52 Å². The largest absolute Gasteiger partial charge is 0.360 e. The van der Waals surface area contributed by atoms with Gasteiger partial charge in [-0.3, -0.25) is 4.79 Å². The first kappa shape index (κ1) is 18.6. The van der Waals surface area contributed by atoms with Gasteiger partial charge in [0, 0.05) is 12.2 Å². The van der Waals surface area contributed by atoms with Gasteiger partial charge in [0.1, 0.15) is 16.6 Å². The second kappa shape index (κ2) is 6.85. The first-order valence-electron chi connectivity index (χ1n) is 8.54. The summed E-state index contributed by atoms with van der Waals surface area (Å²) in [6.45, 7) is 7.42. The maximum atomic E-state index is 13.0. The zero-order valence-electron chi connectivity index (χ0n) is 15.4. The summed E-state index contributed by atoms with van der Waals surface area (Å²) in [6, 6.07) is 4.89. The Bertz CT molecular complexity index is 930. The van der Waals surface area contributed by atoms with E-state index >= 15 is 0 Å². The smallest absolute Gasteiger partial charge is 0.249 e. The molecule has 26 heavy (non-hydrogen) atoms. The van der Waals surface area contributed by atoms with Gasteiger partial charge < -0.3 is 9.84 Å². The van der Waals surface area contributed by atoms with Crippen molar-refractivity contribution in [3.05, 3.63) is 40.8 Å². The summed E-state index contributed by atoms with van der Waals surface area (Å²) >= 11 is 0. The number of amides is 1. The number of nitrogens with zero attached hydrogens (tertiary/aromatic N) is 2. The van der Waals surface area contributed by atoms with Crippen molar-refractivity contribution < 1.29 is 17.7 Å². The highest BCUT2D eigenvalue weighted by molar-refractivity contribution is 7.89. The number of anilines is 1. The van der Waals surface area contributed by atoms with E-state index in [2.05, 4.69) is 10.5 Å². The van der Waals surface area contributed by atoms with Gasteiger partial charge in [0.25, 0.3) is 0 Å². The Morgan fingerprint density at radius 1 is 1.23 bits per heavy atom. The van der Waals surface area contributed by atoms with Gasteiger partial charge in [-0.15, -0.1) is 0 Å². The Balaban J connectivity index is 1.85. The van der Waals surface area contributed by atoms with Crippen molar-refractivity contribution in [3.8, 4) is 0 Å². The molecule has 1 aromatic heterocycles. The highest BCUT2D eigenvalue weighted by atomic mass is 32.2. The Morgan fingerprint density at radius 2 is 1.96 bits per heavy atom. The van der Waals surface area contributed by atoms with Gasteiger partial charge in [-0.25, -0.2) is 8.42 Å². The van der Waals surface area contributed by atoms with Crippen LogP contribution in [0.25, 0.3) is 0 Å². The second-order valence-electron chi connectivity index (χ2n) is 6.72. The van der Waals surface area contributed by atoms with Gasteiger partial charge in [0.05, 0.1) is 0 Å². The molecule has 0 aliphatic carbocycles. The topological polar surface area (TPSA) is 92.5 Å². The molecule has 140 valence electrons. The number of carbonyl (C=O) groups is 1. The lowest BCUT2D eigenvalue weighted by Gasteiger charge is -2.23. The highest BCUT2D eigenvalue weighted by Gasteiger charge is 2.41. The van der Waals surface area contributed by atoms with Crippen LogP contribution in [0.15, 0.2) is 27.6 Å². The van der Waals surface area contributed by atoms with Crippen molar-refractivity contribution >= 4 is 21.6 Å². The molecule has 1 aromatic carbocycles. The predicted octanol–water partition coefficient (Wildman–Crippen LogP) is 2.70. The fourth-order valence-electron chi connectivity index (χ4n) is 3.29. The molecule has 7 nitrogen and oxygen atoms in total. The maximum absolute atomic E-state index is 13.0. The molecule has 1 aliphatic rings. The molecule has 0 bridgehead atoms. The predicted molar refractivity (Wildman–Crippen MR) is 97.4 cm³/mol. The van der Waals surface area contributed by atoms with Crippen molar-refractivity contribution in [1.29, 1.82) is 0 Å². The SMILES string of the molecule is Cc1ccc(NC(=O)[C@@H]2CCCN2S(=O)(=O)c2c(C)noc2C)cc1C. The molecule has 0 saturated carbocycles. The standard InChI is InChI=1S/C18H23N3O4S/c1-11-7-8-15(10-12(11)2)19-18(22)16-6-5-9-21(16)26(23,24)17-13(3)20-25-14(17)4/h7-8,10,16H,5-6,9H2,1-4H3,(H,19,22)/t16-/m0/s1. The molecule has 1 aliphatic heterocycles. The number of sulfonamides is 1. The zero-order valence-corrected chi connectivity index (χ0v) is 16.2. The van der Waals surface area contributed by atoms with E-state index < -0.39 is 16.1 Å². The average Bonchev–Trinajstić information content (AvgIpc) is 3.18. The summed E-state index contributed by atoms with van der Waals surface area (Å²) < 4.78 is 32.4. The van der Waals surface area contributed by atoms with Crippen LogP contribution >= 0.6 is 0 Å². The molecule has 0 spiro atoms. The van der Waals surface area contributed by atoms with Crippen molar-refractivity contribution in [2.75, 3.05) is 11.9 Å². The fraction of sp³-hybridized carbons (Fsp3) is 0.444. The lowest BCUT2D eigenvalue weighted by molar-refractivity contribution is -0.119. The number of aryl methyl sites for hydroxylation is 4. The summed E-state index contributed by atoms with van der Waals surface area (Å²) in [4.78, 5) is 12.8. The number of hydrogen-bond acceptors (Lipinski definition) is 5. The molecule has 1 N–H and O–H groups in total. The Labute approximate surface area is 153 Å².